The zero-order valence-electron chi connectivity index (χ0n) is 19.2. The van der Waals surface area contributed by atoms with Crippen molar-refractivity contribution >= 4 is 40.0 Å². The second-order valence-electron chi connectivity index (χ2n) is 8.72. The molecule has 1 aliphatic carbocycles. The normalized spacial score (nSPS) is 16.2. The SMILES string of the molecule is CC1CCc2c(sc(NC(=O)C(Sc3ccccc3)c3ccccc3)c2C(=O)OC(C)C)C1. The van der Waals surface area contributed by atoms with Crippen LogP contribution >= 0.6 is 23.1 Å². The van der Waals surface area contributed by atoms with Gasteiger partial charge in [0.2, 0.25) is 5.91 Å². The van der Waals surface area contributed by atoms with Crippen LogP contribution in [0.4, 0.5) is 5.00 Å². The van der Waals surface area contributed by atoms with Crippen LogP contribution < -0.4 is 5.32 Å². The van der Waals surface area contributed by atoms with Gasteiger partial charge in [-0.3, -0.25) is 4.79 Å². The quantitative estimate of drug-likeness (QED) is 0.295. The molecule has 33 heavy (non-hydrogen) atoms. The molecular weight excluding hydrogens is 450 g/mol. The minimum Gasteiger partial charge on any atom is -0.459 e. The van der Waals surface area contributed by atoms with E-state index < -0.39 is 5.25 Å². The molecule has 1 aliphatic rings. The first-order valence-electron chi connectivity index (χ1n) is 11.4. The number of ether oxygens (including phenoxy) is 1. The lowest BCUT2D eigenvalue weighted by Crippen LogP contribution is -2.21. The zero-order chi connectivity index (χ0) is 23.4. The number of anilines is 1. The lowest BCUT2D eigenvalue weighted by Gasteiger charge is -2.19. The van der Waals surface area contributed by atoms with E-state index >= 15 is 0 Å². The third-order valence-corrected chi connectivity index (χ3v) is 8.07. The maximum atomic E-state index is 13.6. The summed E-state index contributed by atoms with van der Waals surface area (Å²) >= 11 is 3.03. The largest absolute Gasteiger partial charge is 0.459 e. The number of rotatable bonds is 7. The minimum absolute atomic E-state index is 0.139. The van der Waals surface area contributed by atoms with Crippen LogP contribution in [-0.4, -0.2) is 18.0 Å². The molecule has 4 rings (SSSR count). The summed E-state index contributed by atoms with van der Waals surface area (Å²) in [6, 6.07) is 19.7. The standard InChI is InChI=1S/C27H29NO3S2/c1-17(2)31-27(30)23-21-15-14-18(3)16-22(21)33-26(23)28-25(29)24(19-10-6-4-7-11-19)32-20-12-8-5-9-13-20/h4-13,17-18,24H,14-16H2,1-3H3,(H,28,29). The minimum atomic E-state index is -0.444. The van der Waals surface area contributed by atoms with E-state index in [1.165, 1.54) is 28.0 Å². The summed E-state index contributed by atoms with van der Waals surface area (Å²) in [7, 11) is 0. The molecule has 172 valence electrons. The van der Waals surface area contributed by atoms with Crippen LogP contribution in [0.3, 0.4) is 0 Å². The molecule has 4 nitrogen and oxygen atoms in total. The number of fused-ring (bicyclic) bond motifs is 1. The third kappa shape index (κ3) is 5.68. The van der Waals surface area contributed by atoms with Crippen molar-refractivity contribution in [1.82, 2.24) is 0 Å². The van der Waals surface area contributed by atoms with E-state index in [1.807, 2.05) is 74.5 Å². The van der Waals surface area contributed by atoms with Crippen molar-refractivity contribution < 1.29 is 14.3 Å². The highest BCUT2D eigenvalue weighted by Gasteiger charge is 2.31. The number of benzene rings is 2. The smallest absolute Gasteiger partial charge is 0.341 e. The Morgan fingerprint density at radius 3 is 2.39 bits per heavy atom. The van der Waals surface area contributed by atoms with Crippen LogP contribution in [0.5, 0.6) is 0 Å². The van der Waals surface area contributed by atoms with E-state index in [4.69, 9.17) is 4.74 Å². The molecule has 6 heteroatoms. The summed E-state index contributed by atoms with van der Waals surface area (Å²) in [5.41, 5.74) is 2.51. The Kier molecular flexibility index (Phi) is 7.56. The lowest BCUT2D eigenvalue weighted by molar-refractivity contribution is -0.115. The number of thioether (sulfide) groups is 1. The van der Waals surface area contributed by atoms with Crippen LogP contribution in [0.2, 0.25) is 0 Å². The summed E-state index contributed by atoms with van der Waals surface area (Å²) in [5, 5.41) is 3.28. The van der Waals surface area contributed by atoms with Gasteiger partial charge in [-0.15, -0.1) is 23.1 Å². The molecular formula is C27H29NO3S2. The van der Waals surface area contributed by atoms with Gasteiger partial charge in [-0.1, -0.05) is 55.5 Å². The van der Waals surface area contributed by atoms with Gasteiger partial charge in [0.25, 0.3) is 0 Å². The number of carbonyl (C=O) groups is 2. The van der Waals surface area contributed by atoms with Crippen LogP contribution in [0.25, 0.3) is 0 Å². The molecule has 0 spiro atoms. The first-order valence-corrected chi connectivity index (χ1v) is 13.0. The van der Waals surface area contributed by atoms with Gasteiger partial charge in [-0.05, 0) is 62.3 Å². The van der Waals surface area contributed by atoms with Gasteiger partial charge < -0.3 is 10.1 Å². The summed E-state index contributed by atoms with van der Waals surface area (Å²) in [5.74, 6) is 0.0824. The second kappa shape index (κ2) is 10.6. The highest BCUT2D eigenvalue weighted by molar-refractivity contribution is 8.00. The summed E-state index contributed by atoms with van der Waals surface area (Å²) in [4.78, 5) is 28.8. The molecule has 0 radical (unpaired) electrons. The Balaban J connectivity index is 1.67. The maximum Gasteiger partial charge on any atom is 0.341 e. The van der Waals surface area contributed by atoms with Gasteiger partial charge in [0.05, 0.1) is 11.7 Å². The molecule has 0 fully saturated rings. The summed E-state index contributed by atoms with van der Waals surface area (Å²) in [6.07, 6.45) is 2.59. The molecule has 1 amide bonds. The molecule has 0 bridgehead atoms. The Bertz CT molecular complexity index is 1110. The van der Waals surface area contributed by atoms with E-state index in [-0.39, 0.29) is 18.0 Å². The zero-order valence-corrected chi connectivity index (χ0v) is 20.8. The number of hydrogen-bond donors (Lipinski definition) is 1. The molecule has 1 aromatic heterocycles. The van der Waals surface area contributed by atoms with E-state index in [2.05, 4.69) is 12.2 Å². The Morgan fingerprint density at radius 2 is 1.73 bits per heavy atom. The topological polar surface area (TPSA) is 55.4 Å². The number of carbonyl (C=O) groups excluding carboxylic acids is 2. The second-order valence-corrected chi connectivity index (χ2v) is 11.0. The summed E-state index contributed by atoms with van der Waals surface area (Å²) in [6.45, 7) is 5.92. The molecule has 0 saturated heterocycles. The van der Waals surface area contributed by atoms with E-state index in [1.54, 1.807) is 0 Å². The van der Waals surface area contributed by atoms with Crippen molar-refractivity contribution in [2.45, 2.75) is 56.3 Å². The average molecular weight is 480 g/mol. The third-order valence-electron chi connectivity index (χ3n) is 5.63. The van der Waals surface area contributed by atoms with Crippen molar-refractivity contribution in [2.75, 3.05) is 5.32 Å². The molecule has 3 aromatic rings. The number of nitrogens with one attached hydrogen (secondary N) is 1. The Hall–Kier alpha value is -2.57. The van der Waals surface area contributed by atoms with Gasteiger partial charge in [0.1, 0.15) is 10.3 Å². The predicted molar refractivity (Wildman–Crippen MR) is 136 cm³/mol. The molecule has 2 unspecified atom stereocenters. The molecule has 2 aromatic carbocycles. The number of hydrogen-bond acceptors (Lipinski definition) is 5. The van der Waals surface area contributed by atoms with Crippen molar-refractivity contribution in [1.29, 1.82) is 0 Å². The Labute approximate surface area is 203 Å². The van der Waals surface area contributed by atoms with Crippen LogP contribution in [0, 0.1) is 5.92 Å². The van der Waals surface area contributed by atoms with Gasteiger partial charge in [-0.25, -0.2) is 4.79 Å². The first kappa shape index (κ1) is 23.6. The molecule has 0 aliphatic heterocycles. The lowest BCUT2D eigenvalue weighted by atomic mass is 9.88. The van der Waals surface area contributed by atoms with Gasteiger partial charge >= 0.3 is 5.97 Å². The van der Waals surface area contributed by atoms with Gasteiger partial charge in [0.15, 0.2) is 0 Å². The van der Waals surface area contributed by atoms with E-state index in [9.17, 15) is 9.59 Å². The predicted octanol–water partition coefficient (Wildman–Crippen LogP) is 6.91. The fourth-order valence-corrected chi connectivity index (χ4v) is 6.49. The average Bonchev–Trinajstić information content (AvgIpc) is 3.15. The highest BCUT2D eigenvalue weighted by atomic mass is 32.2. The summed E-state index contributed by atoms with van der Waals surface area (Å²) < 4.78 is 5.56. The van der Waals surface area contributed by atoms with Crippen molar-refractivity contribution in [3.8, 4) is 0 Å². The fraction of sp³-hybridized carbons (Fsp3) is 0.333. The number of thiophene rings is 1. The molecule has 2 atom stereocenters. The van der Waals surface area contributed by atoms with Crippen LogP contribution in [0.15, 0.2) is 65.6 Å². The van der Waals surface area contributed by atoms with Crippen LogP contribution in [0.1, 0.15) is 58.8 Å². The van der Waals surface area contributed by atoms with E-state index in [0.717, 1.165) is 35.3 Å². The van der Waals surface area contributed by atoms with Gasteiger partial charge in [-0.2, -0.15) is 0 Å². The number of esters is 1. The maximum absolute atomic E-state index is 13.6. The molecule has 0 saturated carbocycles. The Morgan fingerprint density at radius 1 is 1.06 bits per heavy atom. The first-order chi connectivity index (χ1) is 15.9. The molecule has 1 N–H and O–H groups in total. The molecule has 1 heterocycles. The number of amides is 1. The van der Waals surface area contributed by atoms with E-state index in [0.29, 0.717) is 16.5 Å². The van der Waals surface area contributed by atoms with Crippen molar-refractivity contribution in [2.24, 2.45) is 5.92 Å². The van der Waals surface area contributed by atoms with Crippen molar-refractivity contribution in [3.63, 3.8) is 0 Å². The van der Waals surface area contributed by atoms with Crippen molar-refractivity contribution in [3.05, 3.63) is 82.2 Å². The van der Waals surface area contributed by atoms with Gasteiger partial charge in [0, 0.05) is 9.77 Å². The monoisotopic (exact) mass is 479 g/mol. The fourth-order valence-electron chi connectivity index (χ4n) is 4.04. The van der Waals surface area contributed by atoms with Crippen LogP contribution in [-0.2, 0) is 22.4 Å². The highest BCUT2D eigenvalue weighted by Crippen LogP contribution is 2.42.